The van der Waals surface area contributed by atoms with Crippen LogP contribution in [0.5, 0.6) is 0 Å². The number of rotatable bonds is 8. The number of hydrogen-bond donors (Lipinski definition) is 3. The summed E-state index contributed by atoms with van der Waals surface area (Å²) < 4.78 is 5.40. The van der Waals surface area contributed by atoms with E-state index in [9.17, 15) is 19.5 Å². The van der Waals surface area contributed by atoms with E-state index in [1.165, 1.54) is 40.2 Å². The molecule has 2 aromatic rings. The first-order valence-electron chi connectivity index (χ1n) is 9.08. The number of aryl methyl sites for hydroxylation is 1. The molecule has 2 amide bonds. The Labute approximate surface area is 198 Å². The number of β-lactam (4-membered cyclic amide) rings is 1. The van der Waals surface area contributed by atoms with Crippen molar-refractivity contribution in [3.63, 3.8) is 0 Å². The minimum Gasteiger partial charge on any atom is -0.477 e. The summed E-state index contributed by atoms with van der Waals surface area (Å²) in [6.07, 6.45) is 0. The fourth-order valence-electron chi connectivity index (χ4n) is 3.11. The molecule has 33 heavy (non-hydrogen) atoms. The average Bonchev–Trinajstić information content (AvgIpc) is 3.40. The van der Waals surface area contributed by atoms with Gasteiger partial charge in [0.2, 0.25) is 16.7 Å². The van der Waals surface area contributed by atoms with E-state index in [-0.39, 0.29) is 28.1 Å². The number of hydrogen-bond acceptors (Lipinski definition) is 14. The summed E-state index contributed by atoms with van der Waals surface area (Å²) in [5.74, 6) is -1.93. The molecule has 4 N–H and O–H groups in total. The zero-order valence-corrected chi connectivity index (χ0v) is 19.5. The lowest BCUT2D eigenvalue weighted by Crippen LogP contribution is -2.71. The van der Waals surface area contributed by atoms with Gasteiger partial charge in [0.1, 0.15) is 24.2 Å². The Bertz CT molecular complexity index is 1180. The van der Waals surface area contributed by atoms with Crippen LogP contribution in [0.1, 0.15) is 5.82 Å². The molecule has 0 bridgehead atoms. The molecule has 0 saturated carbocycles. The number of aromatic nitrogens is 6. The molecule has 0 aliphatic carbocycles. The summed E-state index contributed by atoms with van der Waals surface area (Å²) in [5, 5.41) is 27.2. The number of carboxylic acids is 1. The van der Waals surface area contributed by atoms with Gasteiger partial charge < -0.3 is 21.0 Å². The van der Waals surface area contributed by atoms with E-state index in [0.29, 0.717) is 16.5 Å². The molecular formula is C15H16N10O5S3. The summed E-state index contributed by atoms with van der Waals surface area (Å²) >= 11 is 3.48. The van der Waals surface area contributed by atoms with Crippen molar-refractivity contribution in [3.8, 4) is 0 Å². The SMILES string of the molecule is CO/N=C(/C(=O)NC1C(=O)N2C(C(=O)O)=C(CSc3nnnn3C)CSC12)c1nsc(N)n1. The third-order valence-electron chi connectivity index (χ3n) is 4.54. The normalized spacial score (nSPS) is 20.4. The average molecular weight is 513 g/mol. The number of thioether (sulfide) groups is 2. The van der Waals surface area contributed by atoms with Crippen molar-refractivity contribution in [2.75, 3.05) is 24.3 Å². The quantitative estimate of drug-likeness (QED) is 0.160. The molecule has 4 rings (SSSR count). The number of carboxylic acid groups (broad SMARTS) is 1. The number of nitrogens with zero attached hydrogens (tertiary/aromatic N) is 8. The topological polar surface area (TPSA) is 204 Å². The molecule has 15 nitrogen and oxygen atoms in total. The lowest BCUT2D eigenvalue weighted by Gasteiger charge is -2.49. The molecule has 174 valence electrons. The highest BCUT2D eigenvalue weighted by Crippen LogP contribution is 2.41. The number of nitrogens with one attached hydrogen (secondary N) is 1. The summed E-state index contributed by atoms with van der Waals surface area (Å²) in [6.45, 7) is 0. The van der Waals surface area contributed by atoms with Crippen LogP contribution in [-0.4, -0.2) is 93.1 Å². The van der Waals surface area contributed by atoms with Gasteiger partial charge in [0, 0.05) is 30.1 Å². The van der Waals surface area contributed by atoms with E-state index in [1.807, 2.05) is 0 Å². The van der Waals surface area contributed by atoms with Crippen LogP contribution in [0.2, 0.25) is 0 Å². The first kappa shape index (κ1) is 22.9. The molecule has 2 aromatic heterocycles. The minimum absolute atomic E-state index is 0.0412. The Balaban J connectivity index is 1.49. The van der Waals surface area contributed by atoms with E-state index in [1.54, 1.807) is 7.05 Å². The Morgan fingerprint density at radius 3 is 2.85 bits per heavy atom. The molecule has 1 fully saturated rings. The second kappa shape index (κ2) is 9.32. The number of nitrogen functional groups attached to an aromatic ring is 1. The lowest BCUT2D eigenvalue weighted by atomic mass is 10.0. The first-order valence-corrected chi connectivity index (χ1v) is 11.9. The van der Waals surface area contributed by atoms with Crippen molar-refractivity contribution in [1.82, 2.24) is 39.8 Å². The number of oxime groups is 1. The summed E-state index contributed by atoms with van der Waals surface area (Å²) in [5.41, 5.74) is 5.76. The maximum absolute atomic E-state index is 12.8. The molecule has 2 aliphatic heterocycles. The van der Waals surface area contributed by atoms with Gasteiger partial charge in [-0.1, -0.05) is 16.9 Å². The van der Waals surface area contributed by atoms with E-state index in [0.717, 1.165) is 11.5 Å². The molecule has 0 aromatic carbocycles. The Kier molecular flexibility index (Phi) is 6.47. The first-order chi connectivity index (χ1) is 15.8. The second-order valence-corrected chi connectivity index (χ2v) is 9.40. The summed E-state index contributed by atoms with van der Waals surface area (Å²) in [6, 6.07) is -0.952. The van der Waals surface area contributed by atoms with E-state index >= 15 is 0 Å². The second-order valence-electron chi connectivity index (χ2n) is 6.57. The molecule has 4 heterocycles. The van der Waals surface area contributed by atoms with Crippen molar-refractivity contribution in [3.05, 3.63) is 17.1 Å². The van der Waals surface area contributed by atoms with Crippen LogP contribution in [0, 0.1) is 0 Å². The van der Waals surface area contributed by atoms with E-state index in [2.05, 4.69) is 35.4 Å². The van der Waals surface area contributed by atoms with Crippen LogP contribution in [0.25, 0.3) is 0 Å². The number of carbonyl (C=O) groups is 3. The molecule has 2 unspecified atom stereocenters. The molecular weight excluding hydrogens is 496 g/mol. The maximum Gasteiger partial charge on any atom is 0.352 e. The predicted molar refractivity (Wildman–Crippen MR) is 117 cm³/mol. The third-order valence-corrected chi connectivity index (χ3v) is 7.52. The van der Waals surface area contributed by atoms with Gasteiger partial charge in [-0.2, -0.15) is 9.36 Å². The van der Waals surface area contributed by atoms with Crippen LogP contribution in [0.15, 0.2) is 21.6 Å². The third kappa shape index (κ3) is 4.35. The van der Waals surface area contributed by atoms with Crippen LogP contribution in [-0.2, 0) is 26.3 Å². The highest BCUT2D eigenvalue weighted by atomic mass is 32.2. The van der Waals surface area contributed by atoms with Gasteiger partial charge in [0.25, 0.3) is 11.8 Å². The van der Waals surface area contributed by atoms with Crippen LogP contribution in [0.3, 0.4) is 0 Å². The monoisotopic (exact) mass is 512 g/mol. The number of amides is 2. The highest BCUT2D eigenvalue weighted by molar-refractivity contribution is 8.01. The summed E-state index contributed by atoms with van der Waals surface area (Å²) in [7, 11) is 2.92. The molecule has 18 heteroatoms. The minimum atomic E-state index is -1.23. The smallest absolute Gasteiger partial charge is 0.352 e. The fraction of sp³-hybridized carbons (Fsp3) is 0.400. The van der Waals surface area contributed by atoms with Crippen molar-refractivity contribution in [2.45, 2.75) is 16.6 Å². The van der Waals surface area contributed by atoms with Gasteiger partial charge in [-0.05, 0) is 16.0 Å². The van der Waals surface area contributed by atoms with E-state index in [4.69, 9.17) is 10.6 Å². The van der Waals surface area contributed by atoms with Crippen LogP contribution in [0.4, 0.5) is 5.13 Å². The Hall–Kier alpha value is -3.25. The fourth-order valence-corrected chi connectivity index (χ4v) is 5.88. The van der Waals surface area contributed by atoms with Crippen molar-refractivity contribution < 1.29 is 24.3 Å². The van der Waals surface area contributed by atoms with Crippen molar-refractivity contribution in [1.29, 1.82) is 0 Å². The molecule has 0 spiro atoms. The zero-order chi connectivity index (χ0) is 23.7. The van der Waals surface area contributed by atoms with Crippen LogP contribution < -0.4 is 11.1 Å². The van der Waals surface area contributed by atoms with Gasteiger partial charge in [0.05, 0.1) is 0 Å². The summed E-state index contributed by atoms with van der Waals surface area (Å²) in [4.78, 5) is 47.3. The van der Waals surface area contributed by atoms with Gasteiger partial charge in [-0.15, -0.1) is 16.9 Å². The standard InChI is InChI=1S/C15H16N10O5S3/c1-24-15(19-22-23-24)32-4-5-3-31-12-7(11(27)25(12)8(5)13(28)29)17-10(26)6(20-30-2)9-18-14(16)33-21-9/h7,12H,3-4H2,1-2H3,(H,17,26)(H,28,29)(H2,16,18,21)/b20-6+. The molecule has 2 aliphatic rings. The number of carbonyl (C=O) groups excluding carboxylic acids is 2. The number of anilines is 1. The number of fused-ring (bicyclic) bond motifs is 1. The van der Waals surface area contributed by atoms with Gasteiger partial charge in [-0.25, -0.2) is 9.48 Å². The predicted octanol–water partition coefficient (Wildman–Crippen LogP) is -1.47. The van der Waals surface area contributed by atoms with Gasteiger partial charge in [0.15, 0.2) is 5.13 Å². The van der Waals surface area contributed by atoms with E-state index < -0.39 is 29.2 Å². The maximum atomic E-state index is 12.8. The Morgan fingerprint density at radius 2 is 2.24 bits per heavy atom. The van der Waals surface area contributed by atoms with Gasteiger partial charge >= 0.3 is 5.97 Å². The zero-order valence-electron chi connectivity index (χ0n) is 17.0. The van der Waals surface area contributed by atoms with Crippen LogP contribution >= 0.6 is 35.1 Å². The Morgan fingerprint density at radius 1 is 1.45 bits per heavy atom. The molecule has 2 atom stereocenters. The largest absolute Gasteiger partial charge is 0.477 e. The number of nitrogens with two attached hydrogens (primary N) is 1. The van der Waals surface area contributed by atoms with Gasteiger partial charge in [-0.3, -0.25) is 14.5 Å². The molecule has 0 radical (unpaired) electrons. The highest BCUT2D eigenvalue weighted by Gasteiger charge is 2.54. The molecule has 1 saturated heterocycles. The van der Waals surface area contributed by atoms with Crippen molar-refractivity contribution in [2.24, 2.45) is 12.2 Å². The number of aliphatic carboxylic acids is 1. The lowest BCUT2D eigenvalue weighted by molar-refractivity contribution is -0.150. The number of tetrazole rings is 1. The van der Waals surface area contributed by atoms with Crippen molar-refractivity contribution >= 4 is 63.7 Å².